The lowest BCUT2D eigenvalue weighted by molar-refractivity contribution is -0.120. The average Bonchev–Trinajstić information content (AvgIpc) is 3.33. The summed E-state index contributed by atoms with van der Waals surface area (Å²) in [4.78, 5) is 12.5. The standard InChI is InChI=1S/C19H23N5O2S/c1-3-14(15-8-5-4-6-9-15)12-21-18(25)13(2)27-19-23-22-17(24(19)20)16-10-7-11-26-16/h4-11,13-14H,3,12,20H2,1-2H3,(H,21,25)/t13-,14-/m0/s1. The van der Waals surface area contributed by atoms with Crippen LogP contribution in [0.1, 0.15) is 31.7 Å². The van der Waals surface area contributed by atoms with Crippen molar-refractivity contribution in [2.45, 2.75) is 36.6 Å². The molecule has 2 heterocycles. The van der Waals surface area contributed by atoms with Gasteiger partial charge in [-0.3, -0.25) is 4.79 Å². The molecule has 0 fully saturated rings. The van der Waals surface area contributed by atoms with Crippen LogP contribution in [0, 0.1) is 0 Å². The molecule has 0 bridgehead atoms. The molecule has 0 radical (unpaired) electrons. The Balaban J connectivity index is 1.58. The van der Waals surface area contributed by atoms with Crippen LogP contribution in [0.5, 0.6) is 0 Å². The molecule has 7 nitrogen and oxygen atoms in total. The SMILES string of the molecule is CC[C@@H](CNC(=O)[C@H](C)Sc1nnc(-c2ccco2)n1N)c1ccccc1. The summed E-state index contributed by atoms with van der Waals surface area (Å²) in [5.41, 5.74) is 1.23. The molecule has 27 heavy (non-hydrogen) atoms. The zero-order valence-electron chi connectivity index (χ0n) is 15.3. The Morgan fingerprint density at radius 3 is 2.70 bits per heavy atom. The Morgan fingerprint density at radius 1 is 1.26 bits per heavy atom. The van der Waals surface area contributed by atoms with Crippen LogP contribution in [-0.4, -0.2) is 32.6 Å². The number of nitrogens with one attached hydrogen (secondary N) is 1. The van der Waals surface area contributed by atoms with E-state index in [0.29, 0.717) is 23.3 Å². The first kappa shape index (κ1) is 19.0. The smallest absolute Gasteiger partial charge is 0.233 e. The fraction of sp³-hybridized carbons (Fsp3) is 0.316. The lowest BCUT2D eigenvalue weighted by Gasteiger charge is -2.18. The average molecular weight is 385 g/mol. The van der Waals surface area contributed by atoms with Crippen molar-refractivity contribution in [1.29, 1.82) is 0 Å². The number of hydrogen-bond donors (Lipinski definition) is 2. The van der Waals surface area contributed by atoms with Gasteiger partial charge in [0.1, 0.15) is 0 Å². The Hall–Kier alpha value is -2.74. The Labute approximate surface area is 162 Å². The van der Waals surface area contributed by atoms with Gasteiger partial charge in [0.05, 0.1) is 11.5 Å². The van der Waals surface area contributed by atoms with E-state index in [1.165, 1.54) is 22.0 Å². The second kappa shape index (κ2) is 8.77. The summed E-state index contributed by atoms with van der Waals surface area (Å²) in [6, 6.07) is 13.7. The highest BCUT2D eigenvalue weighted by molar-refractivity contribution is 8.00. The summed E-state index contributed by atoms with van der Waals surface area (Å²) < 4.78 is 6.63. The Bertz CT molecular complexity index is 864. The molecule has 2 aromatic heterocycles. The molecule has 1 aromatic carbocycles. The van der Waals surface area contributed by atoms with Crippen LogP contribution in [0.15, 0.2) is 58.3 Å². The largest absolute Gasteiger partial charge is 0.461 e. The fourth-order valence-corrected chi connectivity index (χ4v) is 3.53. The Morgan fingerprint density at radius 2 is 2.04 bits per heavy atom. The number of benzene rings is 1. The van der Waals surface area contributed by atoms with Gasteiger partial charge < -0.3 is 15.6 Å². The van der Waals surface area contributed by atoms with Gasteiger partial charge in [0.15, 0.2) is 5.76 Å². The number of thioether (sulfide) groups is 1. The normalized spacial score (nSPS) is 13.3. The van der Waals surface area contributed by atoms with E-state index in [2.05, 4.69) is 34.6 Å². The molecular formula is C19H23N5O2S. The first-order chi connectivity index (χ1) is 13.1. The second-order valence-electron chi connectivity index (χ2n) is 6.17. The first-order valence-corrected chi connectivity index (χ1v) is 9.71. The number of nitrogens with two attached hydrogens (primary N) is 1. The summed E-state index contributed by atoms with van der Waals surface area (Å²) in [5.74, 6) is 7.22. The van der Waals surface area contributed by atoms with Crippen molar-refractivity contribution in [3.05, 3.63) is 54.3 Å². The van der Waals surface area contributed by atoms with Crippen LogP contribution in [-0.2, 0) is 4.79 Å². The van der Waals surface area contributed by atoms with Gasteiger partial charge in [-0.2, -0.15) is 0 Å². The lowest BCUT2D eigenvalue weighted by Crippen LogP contribution is -2.34. The van der Waals surface area contributed by atoms with E-state index in [1.807, 2.05) is 25.1 Å². The van der Waals surface area contributed by atoms with Gasteiger partial charge in [0.2, 0.25) is 16.9 Å². The molecule has 142 valence electrons. The van der Waals surface area contributed by atoms with Crippen LogP contribution >= 0.6 is 11.8 Å². The molecule has 8 heteroatoms. The predicted molar refractivity (Wildman–Crippen MR) is 106 cm³/mol. The van der Waals surface area contributed by atoms with Crippen molar-refractivity contribution in [2.75, 3.05) is 12.4 Å². The van der Waals surface area contributed by atoms with Gasteiger partial charge in [-0.15, -0.1) is 10.2 Å². The monoisotopic (exact) mass is 385 g/mol. The molecule has 0 saturated heterocycles. The van der Waals surface area contributed by atoms with Gasteiger partial charge in [-0.25, -0.2) is 4.68 Å². The topological polar surface area (TPSA) is 99.0 Å². The van der Waals surface area contributed by atoms with Crippen molar-refractivity contribution in [1.82, 2.24) is 20.2 Å². The maximum absolute atomic E-state index is 12.5. The molecule has 0 unspecified atom stereocenters. The van der Waals surface area contributed by atoms with E-state index in [9.17, 15) is 4.79 Å². The minimum absolute atomic E-state index is 0.0584. The molecule has 3 rings (SSSR count). The number of rotatable bonds is 8. The molecule has 0 saturated carbocycles. The molecule has 0 aliphatic heterocycles. The Kier molecular flexibility index (Phi) is 6.18. The van der Waals surface area contributed by atoms with Crippen LogP contribution in [0.2, 0.25) is 0 Å². The molecule has 3 N–H and O–H groups in total. The predicted octanol–water partition coefficient (Wildman–Crippen LogP) is 3.04. The minimum atomic E-state index is -0.353. The summed E-state index contributed by atoms with van der Waals surface area (Å²) in [6.07, 6.45) is 2.50. The third-order valence-electron chi connectivity index (χ3n) is 4.34. The third-order valence-corrected chi connectivity index (χ3v) is 5.40. The van der Waals surface area contributed by atoms with Crippen LogP contribution in [0.4, 0.5) is 0 Å². The van der Waals surface area contributed by atoms with Crippen LogP contribution in [0.3, 0.4) is 0 Å². The van der Waals surface area contributed by atoms with Gasteiger partial charge in [-0.05, 0) is 31.0 Å². The van der Waals surface area contributed by atoms with E-state index in [1.54, 1.807) is 18.4 Å². The molecule has 1 amide bonds. The quantitative estimate of drug-likeness (QED) is 0.457. The number of furan rings is 1. The number of carbonyl (C=O) groups excluding carboxylic acids is 1. The minimum Gasteiger partial charge on any atom is -0.461 e. The molecule has 0 spiro atoms. The van der Waals surface area contributed by atoms with Crippen molar-refractivity contribution >= 4 is 17.7 Å². The number of aromatic nitrogens is 3. The maximum atomic E-state index is 12.5. The molecule has 2 atom stereocenters. The maximum Gasteiger partial charge on any atom is 0.233 e. The zero-order chi connectivity index (χ0) is 19.2. The number of nitrogen functional groups attached to an aromatic ring is 1. The number of nitrogens with zero attached hydrogens (tertiary/aromatic N) is 3. The molecular weight excluding hydrogens is 362 g/mol. The third kappa shape index (κ3) is 4.51. The highest BCUT2D eigenvalue weighted by atomic mass is 32.2. The lowest BCUT2D eigenvalue weighted by atomic mass is 9.96. The van der Waals surface area contributed by atoms with E-state index < -0.39 is 0 Å². The van der Waals surface area contributed by atoms with E-state index in [4.69, 9.17) is 10.3 Å². The fourth-order valence-electron chi connectivity index (χ4n) is 2.73. The first-order valence-electron chi connectivity index (χ1n) is 8.83. The highest BCUT2D eigenvalue weighted by Gasteiger charge is 2.21. The second-order valence-corrected chi connectivity index (χ2v) is 7.48. The van der Waals surface area contributed by atoms with Crippen molar-refractivity contribution in [3.63, 3.8) is 0 Å². The van der Waals surface area contributed by atoms with E-state index in [-0.39, 0.29) is 17.1 Å². The van der Waals surface area contributed by atoms with Crippen molar-refractivity contribution < 1.29 is 9.21 Å². The number of hydrogen-bond acceptors (Lipinski definition) is 6. The van der Waals surface area contributed by atoms with Crippen molar-refractivity contribution in [2.24, 2.45) is 0 Å². The summed E-state index contributed by atoms with van der Waals surface area (Å²) in [6.45, 7) is 4.54. The van der Waals surface area contributed by atoms with Crippen LogP contribution in [0.25, 0.3) is 11.6 Å². The number of amides is 1. The molecule has 0 aliphatic rings. The van der Waals surface area contributed by atoms with Gasteiger partial charge >= 0.3 is 0 Å². The summed E-state index contributed by atoms with van der Waals surface area (Å²) in [7, 11) is 0. The van der Waals surface area contributed by atoms with Crippen molar-refractivity contribution in [3.8, 4) is 11.6 Å². The molecule has 3 aromatic rings. The highest BCUT2D eigenvalue weighted by Crippen LogP contribution is 2.25. The van der Waals surface area contributed by atoms with Crippen LogP contribution < -0.4 is 11.2 Å². The van der Waals surface area contributed by atoms with E-state index >= 15 is 0 Å². The summed E-state index contributed by atoms with van der Waals surface area (Å²) in [5, 5.41) is 11.2. The summed E-state index contributed by atoms with van der Waals surface area (Å²) >= 11 is 1.26. The molecule has 0 aliphatic carbocycles. The van der Waals surface area contributed by atoms with Gasteiger partial charge in [-0.1, -0.05) is 49.0 Å². The zero-order valence-corrected chi connectivity index (χ0v) is 16.1. The van der Waals surface area contributed by atoms with Gasteiger partial charge in [0, 0.05) is 12.5 Å². The van der Waals surface area contributed by atoms with Gasteiger partial charge in [0.25, 0.3) is 0 Å². The van der Waals surface area contributed by atoms with E-state index in [0.717, 1.165) is 6.42 Å². The number of carbonyl (C=O) groups is 1.